The third-order valence-electron chi connectivity index (χ3n) is 9.15. The van der Waals surface area contributed by atoms with Gasteiger partial charge in [0.1, 0.15) is 5.92 Å². The number of allylic oxidation sites excluding steroid dienone is 1. The molecule has 2 amide bonds. The van der Waals surface area contributed by atoms with Crippen molar-refractivity contribution >= 4 is 63.9 Å². The second-order valence-electron chi connectivity index (χ2n) is 12.7. The Bertz CT molecular complexity index is 1590. The van der Waals surface area contributed by atoms with Crippen LogP contribution in [0.5, 0.6) is 0 Å². The second kappa shape index (κ2) is 10.9. The summed E-state index contributed by atoms with van der Waals surface area (Å²) in [6.07, 6.45) is 1.47. The molecule has 0 spiro atoms. The van der Waals surface area contributed by atoms with Crippen LogP contribution in [-0.2, 0) is 19.2 Å². The molecule has 9 nitrogen and oxygen atoms in total. The van der Waals surface area contributed by atoms with Crippen molar-refractivity contribution in [3.63, 3.8) is 0 Å². The van der Waals surface area contributed by atoms with Crippen molar-refractivity contribution in [1.82, 2.24) is 4.90 Å². The van der Waals surface area contributed by atoms with Crippen molar-refractivity contribution in [2.45, 2.75) is 64.4 Å². The number of anilines is 1. The van der Waals surface area contributed by atoms with Gasteiger partial charge in [0.05, 0.1) is 21.7 Å². The van der Waals surface area contributed by atoms with E-state index in [0.717, 1.165) is 24.2 Å². The number of nitro groups is 1. The molecule has 6 atom stereocenters. The Hall–Kier alpha value is -2.92. The number of nitro benzene ring substituents is 1. The summed E-state index contributed by atoms with van der Waals surface area (Å²) in [5.74, 6) is -1.78. The van der Waals surface area contributed by atoms with Gasteiger partial charge in [-0.25, -0.2) is 9.96 Å². The number of halogens is 2. The van der Waals surface area contributed by atoms with E-state index in [9.17, 15) is 24.5 Å². The van der Waals surface area contributed by atoms with Crippen molar-refractivity contribution in [1.29, 1.82) is 0 Å². The largest absolute Gasteiger partial charge is 0.295 e. The summed E-state index contributed by atoms with van der Waals surface area (Å²) in [4.78, 5) is 59.8. The maximum Gasteiger partial charge on any atom is 0.271 e. The van der Waals surface area contributed by atoms with E-state index in [1.807, 2.05) is 0 Å². The number of carbonyl (C=O) groups excluding carboxylic acids is 3. The molecule has 2 aromatic rings. The number of imide groups is 1. The summed E-state index contributed by atoms with van der Waals surface area (Å²) in [6, 6.07) is 9.72. The minimum absolute atomic E-state index is 0.0269. The number of hydroxylamine groups is 1. The van der Waals surface area contributed by atoms with Crippen molar-refractivity contribution < 1.29 is 24.1 Å². The zero-order valence-electron chi connectivity index (χ0n) is 24.1. The average Bonchev–Trinajstić information content (AvgIpc) is 3.58. The van der Waals surface area contributed by atoms with E-state index in [2.05, 4.69) is 20.8 Å². The van der Waals surface area contributed by atoms with Crippen LogP contribution in [-0.4, -0.2) is 38.8 Å². The lowest BCUT2D eigenvalue weighted by molar-refractivity contribution is -0.384. The first-order valence-electron chi connectivity index (χ1n) is 14.2. The number of benzene rings is 2. The summed E-state index contributed by atoms with van der Waals surface area (Å²) >= 11 is 14.3. The number of thioether (sulfide) groups is 1. The first-order valence-corrected chi connectivity index (χ1v) is 15.9. The minimum atomic E-state index is -1.21. The van der Waals surface area contributed by atoms with Gasteiger partial charge in [0.25, 0.3) is 11.6 Å². The monoisotopic (exact) mass is 643 g/mol. The van der Waals surface area contributed by atoms with Crippen molar-refractivity contribution in [2.75, 3.05) is 5.06 Å². The summed E-state index contributed by atoms with van der Waals surface area (Å²) in [5.41, 5.74) is 1.25. The van der Waals surface area contributed by atoms with Crippen LogP contribution in [0.2, 0.25) is 10.0 Å². The predicted octanol–water partition coefficient (Wildman–Crippen LogP) is 7.13. The fourth-order valence-corrected chi connectivity index (χ4v) is 9.25. The van der Waals surface area contributed by atoms with E-state index >= 15 is 0 Å². The van der Waals surface area contributed by atoms with Crippen molar-refractivity contribution in [3.8, 4) is 0 Å². The average molecular weight is 645 g/mol. The molecule has 226 valence electrons. The van der Waals surface area contributed by atoms with E-state index in [1.54, 1.807) is 18.2 Å². The number of hydrogen-bond acceptors (Lipinski definition) is 8. The lowest BCUT2D eigenvalue weighted by Gasteiger charge is -2.39. The summed E-state index contributed by atoms with van der Waals surface area (Å²) in [7, 11) is 0. The smallest absolute Gasteiger partial charge is 0.271 e. The maximum absolute atomic E-state index is 14.4. The van der Waals surface area contributed by atoms with Gasteiger partial charge in [0.2, 0.25) is 5.91 Å². The summed E-state index contributed by atoms with van der Waals surface area (Å²) in [5, 5.41) is 14.0. The highest BCUT2D eigenvalue weighted by Gasteiger charge is 2.62. The summed E-state index contributed by atoms with van der Waals surface area (Å²) in [6.45, 7) is 8.16. The molecule has 3 aliphatic heterocycles. The molecule has 0 unspecified atom stereocenters. The molecule has 43 heavy (non-hydrogen) atoms. The van der Waals surface area contributed by atoms with Gasteiger partial charge in [-0.15, -0.1) is 11.8 Å². The van der Waals surface area contributed by atoms with Crippen LogP contribution < -0.4 is 5.06 Å². The molecule has 0 radical (unpaired) electrons. The molecule has 6 rings (SSSR count). The van der Waals surface area contributed by atoms with Gasteiger partial charge < -0.3 is 0 Å². The number of non-ortho nitro benzene ring substituents is 1. The quantitative estimate of drug-likeness (QED) is 0.192. The molecular weight excluding hydrogens is 613 g/mol. The van der Waals surface area contributed by atoms with Crippen LogP contribution in [0.3, 0.4) is 0 Å². The number of likely N-dealkylation sites (tertiary alicyclic amines) is 1. The van der Waals surface area contributed by atoms with E-state index in [-0.39, 0.29) is 33.1 Å². The first kappa shape index (κ1) is 30.1. The number of carbonyl (C=O) groups is 3. The molecule has 0 bridgehead atoms. The minimum Gasteiger partial charge on any atom is -0.295 e. The van der Waals surface area contributed by atoms with Crippen molar-refractivity contribution in [2.24, 2.45) is 23.2 Å². The van der Waals surface area contributed by atoms with Crippen LogP contribution in [0.25, 0.3) is 0 Å². The van der Waals surface area contributed by atoms with Crippen LogP contribution in [0.15, 0.2) is 53.1 Å². The molecule has 4 aliphatic rings. The molecular formula is C31H31Cl2N3O6S. The summed E-state index contributed by atoms with van der Waals surface area (Å²) < 4.78 is 0. The molecule has 2 aromatic carbocycles. The zero-order valence-corrected chi connectivity index (χ0v) is 26.4. The van der Waals surface area contributed by atoms with Gasteiger partial charge in [0, 0.05) is 38.9 Å². The van der Waals surface area contributed by atoms with E-state index in [4.69, 9.17) is 28.0 Å². The number of ketones is 1. The second-order valence-corrected chi connectivity index (χ2v) is 14.8. The lowest BCUT2D eigenvalue weighted by atomic mass is 9.68. The topological polar surface area (TPSA) is 110 Å². The molecule has 3 heterocycles. The highest BCUT2D eigenvalue weighted by molar-refractivity contribution is 8.04. The number of Topliss-reactive ketones (excluding diaryl/α,β-unsaturated/α-hetero) is 1. The maximum atomic E-state index is 14.4. The Labute approximate surface area is 263 Å². The normalized spacial score (nSPS) is 28.9. The third kappa shape index (κ3) is 5.06. The Morgan fingerprint density at radius 1 is 1.09 bits per heavy atom. The number of nitrogens with zero attached hydrogens (tertiary/aromatic N) is 3. The third-order valence-corrected chi connectivity index (χ3v) is 11.2. The number of amides is 2. The molecule has 12 heteroatoms. The van der Waals surface area contributed by atoms with E-state index in [0.29, 0.717) is 32.8 Å². The van der Waals surface area contributed by atoms with Crippen molar-refractivity contribution in [3.05, 3.63) is 78.8 Å². The number of rotatable bonds is 5. The highest BCUT2D eigenvalue weighted by Crippen LogP contribution is 2.57. The predicted molar refractivity (Wildman–Crippen MR) is 164 cm³/mol. The van der Waals surface area contributed by atoms with Gasteiger partial charge in [-0.3, -0.25) is 29.3 Å². The molecule has 1 saturated carbocycles. The Kier molecular flexibility index (Phi) is 7.64. The molecule has 3 fully saturated rings. The van der Waals surface area contributed by atoms with E-state index < -0.39 is 34.8 Å². The Morgan fingerprint density at radius 2 is 1.84 bits per heavy atom. The van der Waals surface area contributed by atoms with Gasteiger partial charge in [-0.1, -0.05) is 56.1 Å². The van der Waals surface area contributed by atoms with Gasteiger partial charge >= 0.3 is 0 Å². The van der Waals surface area contributed by atoms with Gasteiger partial charge in [0.15, 0.2) is 11.9 Å². The van der Waals surface area contributed by atoms with Crippen LogP contribution in [0.1, 0.15) is 58.6 Å². The number of fused-ring (bicyclic) bond motifs is 2. The number of hydrogen-bond donors (Lipinski definition) is 0. The molecule has 0 N–H and O–H groups in total. The highest BCUT2D eigenvalue weighted by atomic mass is 35.5. The SMILES string of the molecule is CC(=O)C1=C(N2C(=O)[C@H]3[C@@H](c4ccc(Cl)cc4Cl)N(c4cccc([N+](=O)[O-])c4)O[C@H]3C2=O)S[C@@H]2C[C@@H](C(C)(C)C)CC[C@@H]12. The molecule has 0 aromatic heterocycles. The van der Waals surface area contributed by atoms with E-state index in [1.165, 1.54) is 48.0 Å². The fourth-order valence-electron chi connectivity index (χ4n) is 6.97. The lowest BCUT2D eigenvalue weighted by Crippen LogP contribution is -2.36. The molecule has 1 aliphatic carbocycles. The Balaban J connectivity index is 1.40. The first-order chi connectivity index (χ1) is 20.3. The Morgan fingerprint density at radius 3 is 2.49 bits per heavy atom. The van der Waals surface area contributed by atoms with Crippen LogP contribution >= 0.6 is 35.0 Å². The van der Waals surface area contributed by atoms with Gasteiger partial charge in [-0.2, -0.15) is 0 Å². The van der Waals surface area contributed by atoms with Crippen LogP contribution in [0.4, 0.5) is 11.4 Å². The fraction of sp³-hybridized carbons (Fsp3) is 0.452. The van der Waals surface area contributed by atoms with Gasteiger partial charge in [-0.05, 0) is 61.3 Å². The molecule has 2 saturated heterocycles. The standard InChI is InChI=1S/C31H31Cl2N3O6S/c1-15(37)24-21-10-8-16(31(2,3)4)12-23(21)43-30(24)34-28(38)25-26(20-11-9-17(32)13-22(20)33)35(42-27(25)29(34)39)18-6-5-7-19(14-18)36(40)41/h5-7,9,11,13-14,16,21,23,25-27H,8,10,12H2,1-4H3/t16-,21+,23+,25-,26+,27+/m0/s1. The zero-order chi connectivity index (χ0) is 31.0. The van der Waals surface area contributed by atoms with Crippen LogP contribution in [0, 0.1) is 33.3 Å².